The summed E-state index contributed by atoms with van der Waals surface area (Å²) < 4.78 is 45.6. The molecule has 4 rings (SSSR count). The SMILES string of the molecule is Cc1nc2nc(C(F)(F)F)nn2c(C)c1CCC(=O)NCc1ccc(-c2ccc(Cl)cc2)o1. The van der Waals surface area contributed by atoms with Gasteiger partial charge in [-0.15, -0.1) is 5.10 Å². The summed E-state index contributed by atoms with van der Waals surface area (Å²) in [4.78, 5) is 19.9. The minimum atomic E-state index is -4.66. The first-order valence-electron chi connectivity index (χ1n) is 10.0. The highest BCUT2D eigenvalue weighted by atomic mass is 35.5. The number of carbonyl (C=O) groups is 1. The van der Waals surface area contributed by atoms with Crippen molar-refractivity contribution in [1.82, 2.24) is 24.9 Å². The van der Waals surface area contributed by atoms with Gasteiger partial charge < -0.3 is 9.73 Å². The van der Waals surface area contributed by atoms with E-state index in [9.17, 15) is 18.0 Å². The first-order chi connectivity index (χ1) is 15.6. The summed E-state index contributed by atoms with van der Waals surface area (Å²) in [5, 5.41) is 6.93. The number of hydrogen-bond acceptors (Lipinski definition) is 5. The molecule has 0 saturated carbocycles. The molecule has 3 heterocycles. The molecule has 0 saturated heterocycles. The molecule has 0 radical (unpaired) electrons. The Kier molecular flexibility index (Phi) is 6.11. The molecule has 7 nitrogen and oxygen atoms in total. The van der Waals surface area contributed by atoms with Crippen LogP contribution in [0, 0.1) is 13.8 Å². The number of rotatable bonds is 6. The number of halogens is 4. The standard InChI is InChI=1S/C22H19ClF3N5O2/c1-12-17(13(2)31-21(28-12)29-20(30-31)22(24,25)26)8-10-19(32)27-11-16-7-9-18(33-16)14-3-5-15(23)6-4-14/h3-7,9H,8,10-11H2,1-2H3,(H,27,32). The number of aryl methyl sites for hydroxylation is 2. The van der Waals surface area contributed by atoms with Gasteiger partial charge in [-0.3, -0.25) is 4.79 Å². The molecule has 0 aliphatic carbocycles. The van der Waals surface area contributed by atoms with E-state index in [1.165, 1.54) is 0 Å². The Morgan fingerprint density at radius 2 is 1.85 bits per heavy atom. The van der Waals surface area contributed by atoms with Crippen molar-refractivity contribution in [1.29, 1.82) is 0 Å². The molecule has 0 unspecified atom stereocenters. The highest BCUT2D eigenvalue weighted by molar-refractivity contribution is 6.30. The second-order valence-electron chi connectivity index (χ2n) is 7.46. The van der Waals surface area contributed by atoms with Gasteiger partial charge in [0, 0.05) is 28.4 Å². The molecule has 0 aliphatic rings. The largest absolute Gasteiger partial charge is 0.459 e. The van der Waals surface area contributed by atoms with Gasteiger partial charge in [-0.2, -0.15) is 18.2 Å². The monoisotopic (exact) mass is 477 g/mol. The zero-order valence-corrected chi connectivity index (χ0v) is 18.5. The van der Waals surface area contributed by atoms with Crippen molar-refractivity contribution in [3.8, 4) is 11.3 Å². The molecule has 3 aromatic heterocycles. The fourth-order valence-corrected chi connectivity index (χ4v) is 3.57. The number of fused-ring (bicyclic) bond motifs is 1. The maximum atomic E-state index is 12.9. The van der Waals surface area contributed by atoms with E-state index < -0.39 is 12.0 Å². The van der Waals surface area contributed by atoms with E-state index in [0.29, 0.717) is 39.9 Å². The van der Waals surface area contributed by atoms with Crippen LogP contribution < -0.4 is 5.32 Å². The fraction of sp³-hybridized carbons (Fsp3) is 0.273. The molecule has 1 aromatic carbocycles. The Bertz CT molecular complexity index is 1310. The van der Waals surface area contributed by atoms with E-state index in [0.717, 1.165) is 10.1 Å². The molecule has 0 spiro atoms. The molecule has 0 atom stereocenters. The summed E-state index contributed by atoms with van der Waals surface area (Å²) >= 11 is 5.90. The number of carbonyl (C=O) groups excluding carboxylic acids is 1. The van der Waals surface area contributed by atoms with Crippen LogP contribution >= 0.6 is 11.6 Å². The normalized spacial score (nSPS) is 11.8. The summed E-state index contributed by atoms with van der Waals surface area (Å²) in [5.74, 6) is -0.352. The smallest absolute Gasteiger partial charge is 0.453 e. The van der Waals surface area contributed by atoms with Gasteiger partial charge in [0.1, 0.15) is 11.5 Å². The van der Waals surface area contributed by atoms with Gasteiger partial charge >= 0.3 is 6.18 Å². The summed E-state index contributed by atoms with van der Waals surface area (Å²) in [7, 11) is 0. The van der Waals surface area contributed by atoms with Gasteiger partial charge in [-0.05, 0) is 62.2 Å². The summed E-state index contributed by atoms with van der Waals surface area (Å²) in [6.45, 7) is 3.51. The number of benzene rings is 1. The minimum absolute atomic E-state index is 0.125. The maximum Gasteiger partial charge on any atom is 0.453 e. The number of amides is 1. The Hall–Kier alpha value is -3.40. The van der Waals surface area contributed by atoms with Crippen LogP contribution in [0.4, 0.5) is 13.2 Å². The first kappa shape index (κ1) is 22.8. The van der Waals surface area contributed by atoms with Gasteiger partial charge in [0.2, 0.25) is 5.91 Å². The van der Waals surface area contributed by atoms with E-state index in [2.05, 4.69) is 20.4 Å². The lowest BCUT2D eigenvalue weighted by atomic mass is 10.1. The van der Waals surface area contributed by atoms with E-state index >= 15 is 0 Å². The molecular formula is C22H19ClF3N5O2. The summed E-state index contributed by atoms with van der Waals surface area (Å²) in [6, 6.07) is 10.8. The average molecular weight is 478 g/mol. The highest BCUT2D eigenvalue weighted by Gasteiger charge is 2.37. The van der Waals surface area contributed by atoms with Crippen LogP contribution in [-0.2, 0) is 23.9 Å². The Morgan fingerprint density at radius 1 is 1.12 bits per heavy atom. The van der Waals surface area contributed by atoms with Crippen molar-refractivity contribution in [3.05, 3.63) is 70.0 Å². The molecular weight excluding hydrogens is 459 g/mol. The van der Waals surface area contributed by atoms with Gasteiger partial charge in [0.25, 0.3) is 11.6 Å². The van der Waals surface area contributed by atoms with E-state index in [-0.39, 0.29) is 24.7 Å². The third kappa shape index (κ3) is 5.00. The summed E-state index contributed by atoms with van der Waals surface area (Å²) in [5.41, 5.74) is 2.49. The van der Waals surface area contributed by atoms with Crippen molar-refractivity contribution in [2.24, 2.45) is 0 Å². The molecule has 4 aromatic rings. The van der Waals surface area contributed by atoms with Gasteiger partial charge in [0.15, 0.2) is 0 Å². The zero-order valence-electron chi connectivity index (χ0n) is 17.7. The second kappa shape index (κ2) is 8.86. The molecule has 0 bridgehead atoms. The third-order valence-corrected chi connectivity index (χ3v) is 5.41. The van der Waals surface area contributed by atoms with Crippen molar-refractivity contribution in [2.75, 3.05) is 0 Å². The first-order valence-corrected chi connectivity index (χ1v) is 10.4. The van der Waals surface area contributed by atoms with Crippen LogP contribution in [0.2, 0.25) is 5.02 Å². The van der Waals surface area contributed by atoms with Crippen LogP contribution in [0.3, 0.4) is 0 Å². The average Bonchev–Trinajstić information content (AvgIpc) is 3.40. The van der Waals surface area contributed by atoms with E-state index in [1.807, 2.05) is 18.2 Å². The van der Waals surface area contributed by atoms with E-state index in [1.54, 1.807) is 32.0 Å². The molecule has 0 aliphatic heterocycles. The van der Waals surface area contributed by atoms with Crippen LogP contribution in [0.25, 0.3) is 17.1 Å². The molecule has 1 amide bonds. The van der Waals surface area contributed by atoms with Gasteiger partial charge in [0.05, 0.1) is 6.54 Å². The predicted octanol–water partition coefficient (Wildman–Crippen LogP) is 4.92. The van der Waals surface area contributed by atoms with Crippen molar-refractivity contribution >= 4 is 23.3 Å². The minimum Gasteiger partial charge on any atom is -0.459 e. The van der Waals surface area contributed by atoms with Crippen LogP contribution in [0.15, 0.2) is 40.8 Å². The number of alkyl halides is 3. The third-order valence-electron chi connectivity index (χ3n) is 5.15. The lowest BCUT2D eigenvalue weighted by molar-refractivity contribution is -0.144. The molecule has 11 heteroatoms. The van der Waals surface area contributed by atoms with Crippen molar-refractivity contribution in [2.45, 2.75) is 39.4 Å². The zero-order chi connectivity index (χ0) is 23.8. The number of aromatic nitrogens is 4. The van der Waals surface area contributed by atoms with Crippen molar-refractivity contribution in [3.63, 3.8) is 0 Å². The molecule has 33 heavy (non-hydrogen) atoms. The quantitative estimate of drug-likeness (QED) is 0.426. The maximum absolute atomic E-state index is 12.9. The number of nitrogens with zero attached hydrogens (tertiary/aromatic N) is 4. The predicted molar refractivity (Wildman–Crippen MR) is 115 cm³/mol. The number of hydrogen-bond donors (Lipinski definition) is 1. The highest BCUT2D eigenvalue weighted by Crippen LogP contribution is 2.27. The Balaban J connectivity index is 1.38. The topological polar surface area (TPSA) is 85.3 Å². The summed E-state index contributed by atoms with van der Waals surface area (Å²) in [6.07, 6.45) is -4.24. The van der Waals surface area contributed by atoms with Crippen molar-refractivity contribution < 1.29 is 22.4 Å². The van der Waals surface area contributed by atoms with Crippen LogP contribution in [0.1, 0.15) is 35.0 Å². The van der Waals surface area contributed by atoms with Gasteiger partial charge in [-0.1, -0.05) is 11.6 Å². The van der Waals surface area contributed by atoms with Crippen LogP contribution in [0.5, 0.6) is 0 Å². The lowest BCUT2D eigenvalue weighted by Crippen LogP contribution is -2.23. The molecule has 172 valence electrons. The second-order valence-corrected chi connectivity index (χ2v) is 7.89. The molecule has 1 N–H and O–H groups in total. The molecule has 0 fully saturated rings. The number of nitrogens with one attached hydrogen (secondary N) is 1. The van der Waals surface area contributed by atoms with Gasteiger partial charge in [-0.25, -0.2) is 9.50 Å². The number of furan rings is 1. The van der Waals surface area contributed by atoms with E-state index in [4.69, 9.17) is 16.0 Å². The fourth-order valence-electron chi connectivity index (χ4n) is 3.45. The lowest BCUT2D eigenvalue weighted by Gasteiger charge is -2.10. The van der Waals surface area contributed by atoms with Crippen LogP contribution in [-0.4, -0.2) is 25.5 Å². The Labute approximate surface area is 191 Å². The Morgan fingerprint density at radius 3 is 2.55 bits per heavy atom.